The summed E-state index contributed by atoms with van der Waals surface area (Å²) in [5.74, 6) is 0.942. The summed E-state index contributed by atoms with van der Waals surface area (Å²) in [6.07, 6.45) is 2.81. The van der Waals surface area contributed by atoms with Crippen molar-refractivity contribution in [3.05, 3.63) is 0 Å². The fourth-order valence-corrected chi connectivity index (χ4v) is 2.04. The first-order chi connectivity index (χ1) is 5.36. The Balaban J connectivity index is 1.72. The van der Waals surface area contributed by atoms with E-state index >= 15 is 0 Å². The number of nitrogens with one attached hydrogen (secondary N) is 1. The summed E-state index contributed by atoms with van der Waals surface area (Å²) in [5.41, 5.74) is 0. The number of hydrogen-bond donors (Lipinski definition) is 1. The van der Waals surface area contributed by atoms with Crippen molar-refractivity contribution in [3.8, 4) is 0 Å². The summed E-state index contributed by atoms with van der Waals surface area (Å²) in [7, 11) is 0. The van der Waals surface area contributed by atoms with Crippen molar-refractivity contribution in [1.82, 2.24) is 10.2 Å². The molecule has 0 saturated carbocycles. The Kier molecular flexibility index (Phi) is 2.14. The maximum Gasteiger partial charge on any atom is 0.00792 e. The molecule has 2 aliphatic rings. The van der Waals surface area contributed by atoms with E-state index in [-0.39, 0.29) is 0 Å². The van der Waals surface area contributed by atoms with Gasteiger partial charge in [-0.25, -0.2) is 0 Å². The summed E-state index contributed by atoms with van der Waals surface area (Å²) < 4.78 is 0. The lowest BCUT2D eigenvalue weighted by atomic mass is 10.0. The summed E-state index contributed by atoms with van der Waals surface area (Å²) in [6, 6.07) is 0.871. The van der Waals surface area contributed by atoms with Gasteiger partial charge in [0, 0.05) is 12.6 Å². The minimum absolute atomic E-state index is 0.871. The first kappa shape index (κ1) is 7.56. The molecule has 0 spiro atoms. The van der Waals surface area contributed by atoms with E-state index in [1.54, 1.807) is 0 Å². The smallest absolute Gasteiger partial charge is 0.00792 e. The fourth-order valence-electron chi connectivity index (χ4n) is 2.04. The van der Waals surface area contributed by atoms with Crippen molar-refractivity contribution in [2.24, 2.45) is 5.92 Å². The van der Waals surface area contributed by atoms with Crippen molar-refractivity contribution in [1.29, 1.82) is 0 Å². The lowest BCUT2D eigenvalue weighted by molar-refractivity contribution is 0.0871. The van der Waals surface area contributed by atoms with Crippen LogP contribution in [0.15, 0.2) is 0 Å². The predicted octanol–water partition coefficient (Wildman–Crippen LogP) is 0.690. The van der Waals surface area contributed by atoms with Gasteiger partial charge in [-0.2, -0.15) is 0 Å². The van der Waals surface area contributed by atoms with Gasteiger partial charge in [-0.15, -0.1) is 0 Å². The molecule has 0 aromatic rings. The quantitative estimate of drug-likeness (QED) is 0.629. The zero-order chi connectivity index (χ0) is 7.68. The monoisotopic (exact) mass is 154 g/mol. The Labute approximate surface area is 69.0 Å². The minimum Gasteiger partial charge on any atom is -0.316 e. The van der Waals surface area contributed by atoms with E-state index < -0.39 is 0 Å². The number of likely N-dealkylation sites (tertiary alicyclic amines) is 1. The summed E-state index contributed by atoms with van der Waals surface area (Å²) in [6.45, 7) is 7.52. The zero-order valence-electron chi connectivity index (χ0n) is 7.34. The molecule has 64 valence electrons. The van der Waals surface area contributed by atoms with Crippen LogP contribution in [0.4, 0.5) is 0 Å². The van der Waals surface area contributed by atoms with Crippen molar-refractivity contribution >= 4 is 0 Å². The second-order valence-electron chi connectivity index (χ2n) is 3.99. The van der Waals surface area contributed by atoms with Crippen molar-refractivity contribution in [3.63, 3.8) is 0 Å². The van der Waals surface area contributed by atoms with E-state index in [2.05, 4.69) is 17.1 Å². The van der Waals surface area contributed by atoms with Crippen molar-refractivity contribution in [2.75, 3.05) is 26.2 Å². The molecule has 0 radical (unpaired) electrons. The van der Waals surface area contributed by atoms with Crippen molar-refractivity contribution in [2.45, 2.75) is 25.8 Å². The molecule has 2 heterocycles. The molecule has 0 amide bonds. The minimum atomic E-state index is 0.871. The highest BCUT2D eigenvalue weighted by Gasteiger charge is 2.26. The Morgan fingerprint density at radius 3 is 2.82 bits per heavy atom. The Morgan fingerprint density at radius 1 is 1.45 bits per heavy atom. The van der Waals surface area contributed by atoms with Gasteiger partial charge in [0.1, 0.15) is 0 Å². The number of nitrogens with zero attached hydrogens (tertiary/aromatic N) is 1. The highest BCUT2D eigenvalue weighted by atomic mass is 15.2. The van der Waals surface area contributed by atoms with E-state index in [1.165, 1.54) is 39.0 Å². The third-order valence-corrected chi connectivity index (χ3v) is 3.11. The molecule has 2 unspecified atom stereocenters. The predicted molar refractivity (Wildman–Crippen MR) is 46.6 cm³/mol. The van der Waals surface area contributed by atoms with Gasteiger partial charge in [-0.3, -0.25) is 0 Å². The van der Waals surface area contributed by atoms with Gasteiger partial charge in [-0.05, 0) is 45.3 Å². The first-order valence-corrected chi connectivity index (χ1v) is 4.81. The summed E-state index contributed by atoms with van der Waals surface area (Å²) in [4.78, 5) is 2.61. The Hall–Kier alpha value is -0.0800. The van der Waals surface area contributed by atoms with Gasteiger partial charge < -0.3 is 10.2 Å². The Morgan fingerprint density at radius 2 is 2.36 bits per heavy atom. The first-order valence-electron chi connectivity index (χ1n) is 4.81. The lowest BCUT2D eigenvalue weighted by Crippen LogP contribution is -2.48. The van der Waals surface area contributed by atoms with Gasteiger partial charge in [0.05, 0.1) is 0 Å². The van der Waals surface area contributed by atoms with Crippen LogP contribution < -0.4 is 5.32 Å². The summed E-state index contributed by atoms with van der Waals surface area (Å²) in [5, 5.41) is 3.41. The molecule has 0 aromatic carbocycles. The molecular weight excluding hydrogens is 136 g/mol. The van der Waals surface area contributed by atoms with E-state index in [1.807, 2.05) is 0 Å². The molecule has 2 heteroatoms. The highest BCUT2D eigenvalue weighted by Crippen LogP contribution is 2.20. The normalized spacial score (nSPS) is 39.0. The molecule has 2 saturated heterocycles. The standard InChI is InChI=1S/C9H18N2/c1-8-3-5-11(8)7-9-2-4-10-6-9/h8-10H,2-7H2,1H3. The van der Waals surface area contributed by atoms with Gasteiger partial charge >= 0.3 is 0 Å². The molecule has 1 N–H and O–H groups in total. The van der Waals surface area contributed by atoms with E-state index in [0.29, 0.717) is 0 Å². The number of hydrogen-bond acceptors (Lipinski definition) is 2. The maximum absolute atomic E-state index is 3.41. The molecule has 2 fully saturated rings. The maximum atomic E-state index is 3.41. The van der Waals surface area contributed by atoms with Crippen molar-refractivity contribution < 1.29 is 0 Å². The van der Waals surface area contributed by atoms with Gasteiger partial charge in [0.15, 0.2) is 0 Å². The average molecular weight is 154 g/mol. The molecule has 2 rings (SSSR count). The SMILES string of the molecule is CC1CCN1CC1CCNC1. The van der Waals surface area contributed by atoms with Gasteiger partial charge in [-0.1, -0.05) is 0 Å². The van der Waals surface area contributed by atoms with Crippen LogP contribution in [-0.4, -0.2) is 37.1 Å². The molecule has 11 heavy (non-hydrogen) atoms. The lowest BCUT2D eigenvalue weighted by Gasteiger charge is -2.40. The van der Waals surface area contributed by atoms with Crippen LogP contribution in [0.1, 0.15) is 19.8 Å². The molecule has 0 bridgehead atoms. The third-order valence-electron chi connectivity index (χ3n) is 3.11. The largest absolute Gasteiger partial charge is 0.316 e. The fraction of sp³-hybridized carbons (Fsp3) is 1.00. The second kappa shape index (κ2) is 3.11. The van der Waals surface area contributed by atoms with Crippen LogP contribution in [0, 0.1) is 5.92 Å². The average Bonchev–Trinajstić information content (AvgIpc) is 2.49. The molecule has 0 aliphatic carbocycles. The molecular formula is C9H18N2. The van der Waals surface area contributed by atoms with E-state index in [0.717, 1.165) is 12.0 Å². The second-order valence-corrected chi connectivity index (χ2v) is 3.99. The van der Waals surface area contributed by atoms with Gasteiger partial charge in [0.25, 0.3) is 0 Å². The van der Waals surface area contributed by atoms with Crippen LogP contribution in [-0.2, 0) is 0 Å². The van der Waals surface area contributed by atoms with Crippen LogP contribution in [0.2, 0.25) is 0 Å². The van der Waals surface area contributed by atoms with Gasteiger partial charge in [0.2, 0.25) is 0 Å². The van der Waals surface area contributed by atoms with Crippen LogP contribution in [0.25, 0.3) is 0 Å². The third kappa shape index (κ3) is 1.57. The van der Waals surface area contributed by atoms with E-state index in [4.69, 9.17) is 0 Å². The van der Waals surface area contributed by atoms with Crippen LogP contribution in [0.5, 0.6) is 0 Å². The van der Waals surface area contributed by atoms with E-state index in [9.17, 15) is 0 Å². The van der Waals surface area contributed by atoms with Crippen LogP contribution >= 0.6 is 0 Å². The molecule has 2 nitrogen and oxygen atoms in total. The Bertz CT molecular complexity index is 130. The highest BCUT2D eigenvalue weighted by molar-refractivity contribution is 4.83. The van der Waals surface area contributed by atoms with Crippen LogP contribution in [0.3, 0.4) is 0 Å². The molecule has 2 aliphatic heterocycles. The molecule has 0 aromatic heterocycles. The molecule has 2 atom stereocenters. The topological polar surface area (TPSA) is 15.3 Å². The summed E-state index contributed by atoms with van der Waals surface area (Å²) >= 11 is 0. The zero-order valence-corrected chi connectivity index (χ0v) is 7.34. The number of rotatable bonds is 2.